The Kier molecular flexibility index (Phi) is 2.76. The molecular weight excluding hydrogens is 128 g/mol. The van der Waals surface area contributed by atoms with Crippen molar-refractivity contribution in [2.45, 2.75) is 18.9 Å². The van der Waals surface area contributed by atoms with Crippen LogP contribution >= 0.6 is 0 Å². The minimum absolute atomic E-state index is 0.583. The lowest BCUT2D eigenvalue weighted by molar-refractivity contribution is 1.05. The largest absolute Gasteiger partial charge is 0.328 e. The zero-order chi connectivity index (χ0) is 7.23. The molecule has 1 aromatic heterocycles. The summed E-state index contributed by atoms with van der Waals surface area (Å²) in [4.78, 5) is 10.7. The van der Waals surface area contributed by atoms with Crippen molar-refractivity contribution in [3.05, 3.63) is 19.0 Å². The van der Waals surface area contributed by atoms with Gasteiger partial charge in [0.25, 0.3) is 0 Å². The third kappa shape index (κ3) is 3.91. The van der Waals surface area contributed by atoms with E-state index in [1.165, 1.54) is 31.8 Å². The molecule has 0 spiro atoms. The number of nitrogens with zero attached hydrogens (tertiary/aromatic N) is 3. The molecule has 54 valence electrons. The van der Waals surface area contributed by atoms with E-state index < -0.39 is 0 Å². The first-order chi connectivity index (χ1) is 4.89. The van der Waals surface area contributed by atoms with E-state index in [2.05, 4.69) is 15.0 Å². The van der Waals surface area contributed by atoms with E-state index >= 15 is 0 Å². The van der Waals surface area contributed by atoms with Crippen LogP contribution in [0, 0.1) is 0 Å². The number of nitrogens with two attached hydrogens (primary N) is 1. The maximum atomic E-state index is 5.22. The summed E-state index contributed by atoms with van der Waals surface area (Å²) in [6, 6.07) is 0.583. The molecule has 0 amide bonds. The Hall–Kier alpha value is -1.03. The van der Waals surface area contributed by atoms with Crippen LogP contribution in [-0.4, -0.2) is 21.0 Å². The molecule has 1 aromatic rings. The molecule has 4 heteroatoms. The van der Waals surface area contributed by atoms with Gasteiger partial charge in [-0.15, -0.1) is 0 Å². The topological polar surface area (TPSA) is 64.7 Å². The number of rotatable bonds is 0. The summed E-state index contributed by atoms with van der Waals surface area (Å²) < 4.78 is 0. The molecule has 10 heavy (non-hydrogen) atoms. The summed E-state index contributed by atoms with van der Waals surface area (Å²) in [5.74, 6) is 0. The van der Waals surface area contributed by atoms with Gasteiger partial charge in [-0.3, -0.25) is 0 Å². The predicted molar refractivity (Wildman–Crippen MR) is 37.0 cm³/mol. The Morgan fingerprint density at radius 2 is 1.30 bits per heavy atom. The summed E-state index contributed by atoms with van der Waals surface area (Å²) >= 11 is 0. The van der Waals surface area contributed by atoms with Crippen molar-refractivity contribution in [2.75, 3.05) is 0 Å². The molecule has 1 saturated carbocycles. The fourth-order valence-electron chi connectivity index (χ4n) is 0.301. The summed E-state index contributed by atoms with van der Waals surface area (Å²) in [6.45, 7) is 0. The highest BCUT2D eigenvalue weighted by atomic mass is 14.9. The second kappa shape index (κ2) is 3.90. The smallest absolute Gasteiger partial charge is 0.119 e. The first-order valence-electron chi connectivity index (χ1n) is 3.20. The first kappa shape index (κ1) is 7.08. The van der Waals surface area contributed by atoms with E-state index in [0.717, 1.165) is 0 Å². The van der Waals surface area contributed by atoms with E-state index in [1.54, 1.807) is 0 Å². The van der Waals surface area contributed by atoms with Gasteiger partial charge >= 0.3 is 0 Å². The Bertz CT molecular complexity index is 134. The summed E-state index contributed by atoms with van der Waals surface area (Å²) in [6.07, 6.45) is 6.84. The fourth-order valence-corrected chi connectivity index (χ4v) is 0.301. The van der Waals surface area contributed by atoms with Gasteiger partial charge in [-0.1, -0.05) is 0 Å². The minimum Gasteiger partial charge on any atom is -0.328 e. The van der Waals surface area contributed by atoms with Crippen molar-refractivity contribution < 1.29 is 0 Å². The van der Waals surface area contributed by atoms with Gasteiger partial charge in [-0.2, -0.15) is 0 Å². The SMILES string of the molecule is NC1CC1.c1ncncn1. The summed E-state index contributed by atoms with van der Waals surface area (Å²) in [5.41, 5.74) is 5.22. The van der Waals surface area contributed by atoms with Crippen LogP contribution < -0.4 is 5.73 Å². The number of aromatic nitrogens is 3. The molecule has 1 heterocycles. The molecule has 2 rings (SSSR count). The second-order valence-corrected chi connectivity index (χ2v) is 2.13. The van der Waals surface area contributed by atoms with Crippen LogP contribution in [0.15, 0.2) is 19.0 Å². The number of hydrogen-bond donors (Lipinski definition) is 1. The van der Waals surface area contributed by atoms with Gasteiger partial charge in [-0.05, 0) is 12.8 Å². The molecule has 0 bridgehead atoms. The van der Waals surface area contributed by atoms with E-state index in [4.69, 9.17) is 5.73 Å². The van der Waals surface area contributed by atoms with Crippen molar-refractivity contribution in [1.82, 2.24) is 15.0 Å². The van der Waals surface area contributed by atoms with Crippen molar-refractivity contribution in [1.29, 1.82) is 0 Å². The van der Waals surface area contributed by atoms with Gasteiger partial charge in [0.15, 0.2) is 0 Å². The molecule has 2 N–H and O–H groups in total. The number of hydrogen-bond acceptors (Lipinski definition) is 4. The van der Waals surface area contributed by atoms with Gasteiger partial charge in [0.2, 0.25) is 0 Å². The van der Waals surface area contributed by atoms with Crippen LogP contribution in [0.3, 0.4) is 0 Å². The third-order valence-corrected chi connectivity index (χ3v) is 1.02. The van der Waals surface area contributed by atoms with Crippen molar-refractivity contribution in [3.63, 3.8) is 0 Å². The van der Waals surface area contributed by atoms with Gasteiger partial charge < -0.3 is 5.73 Å². The highest BCUT2D eigenvalue weighted by Crippen LogP contribution is 2.13. The molecule has 0 radical (unpaired) electrons. The lowest BCUT2D eigenvalue weighted by atomic mass is 10.8. The second-order valence-electron chi connectivity index (χ2n) is 2.13. The molecule has 0 aliphatic heterocycles. The highest BCUT2D eigenvalue weighted by molar-refractivity contribution is 4.75. The van der Waals surface area contributed by atoms with Crippen LogP contribution in [0.2, 0.25) is 0 Å². The highest BCUT2D eigenvalue weighted by Gasteiger charge is 2.13. The maximum Gasteiger partial charge on any atom is 0.119 e. The van der Waals surface area contributed by atoms with Gasteiger partial charge in [0.05, 0.1) is 0 Å². The van der Waals surface area contributed by atoms with Crippen molar-refractivity contribution in [2.24, 2.45) is 5.73 Å². The van der Waals surface area contributed by atoms with Crippen LogP contribution in [0.1, 0.15) is 12.8 Å². The Balaban J connectivity index is 0.000000108. The van der Waals surface area contributed by atoms with Crippen molar-refractivity contribution >= 4 is 0 Å². The predicted octanol–water partition coefficient (Wildman–Crippen LogP) is -0.0209. The molecule has 1 aliphatic carbocycles. The van der Waals surface area contributed by atoms with E-state index in [0.29, 0.717) is 6.04 Å². The lowest BCUT2D eigenvalue weighted by Gasteiger charge is -1.69. The normalized spacial score (nSPS) is 15.3. The standard InChI is InChI=1S/C3H3N3.C3H7N/c1-4-2-6-3-5-1;4-3-1-2-3/h1-3H;3H,1-2,4H2. The minimum atomic E-state index is 0.583. The van der Waals surface area contributed by atoms with E-state index in [1.807, 2.05) is 0 Å². The molecule has 1 aliphatic rings. The van der Waals surface area contributed by atoms with E-state index in [9.17, 15) is 0 Å². The zero-order valence-corrected chi connectivity index (χ0v) is 5.64. The maximum absolute atomic E-state index is 5.22. The zero-order valence-electron chi connectivity index (χ0n) is 5.64. The Labute approximate surface area is 59.5 Å². The molecule has 1 fully saturated rings. The quantitative estimate of drug-likeness (QED) is 0.547. The van der Waals surface area contributed by atoms with Gasteiger partial charge in [0.1, 0.15) is 19.0 Å². The fraction of sp³-hybridized carbons (Fsp3) is 0.500. The molecule has 0 atom stereocenters. The Morgan fingerprint density at radius 1 is 1.00 bits per heavy atom. The lowest BCUT2D eigenvalue weighted by Crippen LogP contribution is -1.94. The van der Waals surface area contributed by atoms with Crippen LogP contribution in [0.5, 0.6) is 0 Å². The molecule has 0 unspecified atom stereocenters. The van der Waals surface area contributed by atoms with Crippen LogP contribution in [0.4, 0.5) is 0 Å². The molecule has 4 nitrogen and oxygen atoms in total. The van der Waals surface area contributed by atoms with Crippen molar-refractivity contribution in [3.8, 4) is 0 Å². The Morgan fingerprint density at radius 3 is 1.40 bits per heavy atom. The van der Waals surface area contributed by atoms with Crippen LogP contribution in [0.25, 0.3) is 0 Å². The molecule has 0 aromatic carbocycles. The van der Waals surface area contributed by atoms with Gasteiger partial charge in [0, 0.05) is 6.04 Å². The van der Waals surface area contributed by atoms with Gasteiger partial charge in [-0.25, -0.2) is 15.0 Å². The van der Waals surface area contributed by atoms with Crippen LogP contribution in [-0.2, 0) is 0 Å². The summed E-state index contributed by atoms with van der Waals surface area (Å²) in [7, 11) is 0. The average molecular weight is 138 g/mol. The average Bonchev–Trinajstić information content (AvgIpc) is 2.77. The van der Waals surface area contributed by atoms with E-state index in [-0.39, 0.29) is 0 Å². The first-order valence-corrected chi connectivity index (χ1v) is 3.20. The third-order valence-electron chi connectivity index (χ3n) is 1.02. The molecular formula is C6H10N4. The molecule has 0 saturated heterocycles. The summed E-state index contributed by atoms with van der Waals surface area (Å²) in [5, 5.41) is 0. The monoisotopic (exact) mass is 138 g/mol.